The zero-order valence-corrected chi connectivity index (χ0v) is 10.2. The first kappa shape index (κ1) is 13.5. The maximum atomic E-state index is 12.9. The Labute approximate surface area is 109 Å². The van der Waals surface area contributed by atoms with E-state index in [2.05, 4.69) is 10.3 Å². The second kappa shape index (κ2) is 6.33. The fourth-order valence-corrected chi connectivity index (χ4v) is 1.77. The average Bonchev–Trinajstić information content (AvgIpc) is 2.34. The molecule has 0 saturated carbocycles. The summed E-state index contributed by atoms with van der Waals surface area (Å²) in [7, 11) is 0. The molecule has 0 amide bonds. The van der Waals surface area contributed by atoms with E-state index in [4.69, 9.17) is 0 Å². The molecule has 0 fully saturated rings. The van der Waals surface area contributed by atoms with E-state index >= 15 is 0 Å². The van der Waals surface area contributed by atoms with Crippen LogP contribution in [-0.2, 0) is 13.0 Å². The molecule has 0 saturated heterocycles. The van der Waals surface area contributed by atoms with Crippen LogP contribution in [0.15, 0.2) is 36.7 Å². The van der Waals surface area contributed by atoms with Gasteiger partial charge in [0.15, 0.2) is 0 Å². The van der Waals surface area contributed by atoms with E-state index in [0.29, 0.717) is 25.1 Å². The van der Waals surface area contributed by atoms with Gasteiger partial charge < -0.3 is 5.32 Å². The van der Waals surface area contributed by atoms with Crippen LogP contribution in [0.3, 0.4) is 0 Å². The van der Waals surface area contributed by atoms with Crippen molar-refractivity contribution >= 4 is 0 Å². The van der Waals surface area contributed by atoms with Gasteiger partial charge in [0.2, 0.25) is 0 Å². The summed E-state index contributed by atoms with van der Waals surface area (Å²) in [6, 6.07) is 4.83. The zero-order valence-electron chi connectivity index (χ0n) is 10.2. The first-order chi connectivity index (χ1) is 9.13. The third kappa shape index (κ3) is 4.37. The Kier molecular flexibility index (Phi) is 4.52. The van der Waals surface area contributed by atoms with Crippen LogP contribution in [0.2, 0.25) is 0 Å². The second-order valence-corrected chi connectivity index (χ2v) is 4.22. The van der Waals surface area contributed by atoms with Gasteiger partial charge in [-0.3, -0.25) is 4.98 Å². The van der Waals surface area contributed by atoms with Crippen molar-refractivity contribution in [3.63, 3.8) is 0 Å². The molecule has 19 heavy (non-hydrogen) atoms. The molecule has 0 atom stereocenters. The third-order valence-corrected chi connectivity index (χ3v) is 2.60. The summed E-state index contributed by atoms with van der Waals surface area (Å²) in [6.45, 7) is 1.00. The summed E-state index contributed by atoms with van der Waals surface area (Å²) in [5.41, 5.74) is 1.31. The van der Waals surface area contributed by atoms with Crippen LogP contribution in [0.4, 0.5) is 13.2 Å². The molecular weight excluding hydrogens is 253 g/mol. The molecule has 2 rings (SSSR count). The number of hydrogen-bond donors (Lipinski definition) is 1. The van der Waals surface area contributed by atoms with Gasteiger partial charge in [0.1, 0.15) is 17.5 Å². The van der Waals surface area contributed by atoms with Crippen molar-refractivity contribution in [3.05, 3.63) is 65.2 Å². The van der Waals surface area contributed by atoms with Gasteiger partial charge in [0.25, 0.3) is 0 Å². The van der Waals surface area contributed by atoms with Gasteiger partial charge in [0, 0.05) is 18.8 Å². The Bertz CT molecular complexity index is 538. The minimum atomic E-state index is -0.579. The van der Waals surface area contributed by atoms with Crippen molar-refractivity contribution < 1.29 is 13.2 Å². The molecule has 0 aliphatic heterocycles. The molecule has 1 N–H and O–H groups in total. The van der Waals surface area contributed by atoms with Crippen LogP contribution < -0.4 is 5.32 Å². The molecule has 1 aromatic carbocycles. The molecule has 2 nitrogen and oxygen atoms in total. The van der Waals surface area contributed by atoms with Crippen LogP contribution in [-0.4, -0.2) is 11.5 Å². The maximum absolute atomic E-state index is 12.9. The molecule has 2 aromatic rings. The minimum absolute atomic E-state index is 0.383. The Hall–Kier alpha value is -1.88. The predicted octanol–water partition coefficient (Wildman–Crippen LogP) is 2.83. The SMILES string of the molecule is Fc1cc(F)cc(CCNCc2cncc(F)c2)c1. The summed E-state index contributed by atoms with van der Waals surface area (Å²) in [6.07, 6.45) is 3.20. The number of nitrogens with zero attached hydrogens (tertiary/aromatic N) is 1. The van der Waals surface area contributed by atoms with Gasteiger partial charge in [-0.25, -0.2) is 13.2 Å². The third-order valence-electron chi connectivity index (χ3n) is 2.60. The van der Waals surface area contributed by atoms with E-state index in [1.54, 1.807) is 6.20 Å². The maximum Gasteiger partial charge on any atom is 0.141 e. The molecule has 5 heteroatoms. The second-order valence-electron chi connectivity index (χ2n) is 4.22. The molecular formula is C14H13F3N2. The Balaban J connectivity index is 1.80. The van der Waals surface area contributed by atoms with Crippen LogP contribution in [0.5, 0.6) is 0 Å². The van der Waals surface area contributed by atoms with Crippen LogP contribution in [0.25, 0.3) is 0 Å². The van der Waals surface area contributed by atoms with Gasteiger partial charge in [-0.15, -0.1) is 0 Å². The highest BCUT2D eigenvalue weighted by Crippen LogP contribution is 2.08. The molecule has 0 aliphatic carbocycles. The number of nitrogens with one attached hydrogen (secondary N) is 1. The number of hydrogen-bond acceptors (Lipinski definition) is 2. The smallest absolute Gasteiger partial charge is 0.141 e. The topological polar surface area (TPSA) is 24.9 Å². The quantitative estimate of drug-likeness (QED) is 0.842. The zero-order chi connectivity index (χ0) is 13.7. The fraction of sp³-hybridized carbons (Fsp3) is 0.214. The lowest BCUT2D eigenvalue weighted by atomic mass is 10.1. The van der Waals surface area contributed by atoms with Crippen LogP contribution in [0, 0.1) is 17.5 Å². The van der Waals surface area contributed by atoms with Crippen molar-refractivity contribution in [1.82, 2.24) is 10.3 Å². The van der Waals surface area contributed by atoms with E-state index in [1.807, 2.05) is 0 Å². The van der Waals surface area contributed by atoms with Gasteiger partial charge in [-0.2, -0.15) is 0 Å². The monoisotopic (exact) mass is 266 g/mol. The number of rotatable bonds is 5. The van der Waals surface area contributed by atoms with Crippen LogP contribution >= 0.6 is 0 Å². The first-order valence-electron chi connectivity index (χ1n) is 5.88. The normalized spacial score (nSPS) is 10.7. The highest BCUT2D eigenvalue weighted by molar-refractivity contribution is 5.18. The Morgan fingerprint density at radius 3 is 2.21 bits per heavy atom. The lowest BCUT2D eigenvalue weighted by molar-refractivity contribution is 0.577. The largest absolute Gasteiger partial charge is 0.312 e. The summed E-state index contributed by atoms with van der Waals surface area (Å²) in [5.74, 6) is -1.54. The van der Waals surface area contributed by atoms with E-state index in [9.17, 15) is 13.2 Å². The highest BCUT2D eigenvalue weighted by Gasteiger charge is 2.01. The van der Waals surface area contributed by atoms with Crippen LogP contribution in [0.1, 0.15) is 11.1 Å². The summed E-state index contributed by atoms with van der Waals surface area (Å²) in [5, 5.41) is 3.06. The minimum Gasteiger partial charge on any atom is -0.312 e. The first-order valence-corrected chi connectivity index (χ1v) is 5.88. The fourth-order valence-electron chi connectivity index (χ4n) is 1.77. The predicted molar refractivity (Wildman–Crippen MR) is 66.0 cm³/mol. The molecule has 1 heterocycles. The Morgan fingerprint density at radius 2 is 1.53 bits per heavy atom. The van der Waals surface area contributed by atoms with Crippen molar-refractivity contribution in [1.29, 1.82) is 0 Å². The standard InChI is InChI=1S/C14H13F3N2/c15-12-3-10(4-13(16)6-12)1-2-18-7-11-5-14(17)9-19-8-11/h3-6,8-9,18H,1-2,7H2. The van der Waals surface area contributed by atoms with E-state index < -0.39 is 11.6 Å². The molecule has 0 spiro atoms. The average molecular weight is 266 g/mol. The molecule has 1 aromatic heterocycles. The van der Waals surface area contributed by atoms with Gasteiger partial charge >= 0.3 is 0 Å². The van der Waals surface area contributed by atoms with E-state index in [1.165, 1.54) is 18.2 Å². The van der Waals surface area contributed by atoms with E-state index in [-0.39, 0.29) is 5.82 Å². The summed E-state index contributed by atoms with van der Waals surface area (Å²) in [4.78, 5) is 3.73. The van der Waals surface area contributed by atoms with Crippen molar-refractivity contribution in [2.75, 3.05) is 6.54 Å². The highest BCUT2D eigenvalue weighted by atomic mass is 19.1. The van der Waals surface area contributed by atoms with Gasteiger partial charge in [-0.05, 0) is 42.3 Å². The van der Waals surface area contributed by atoms with Gasteiger partial charge in [-0.1, -0.05) is 0 Å². The molecule has 0 unspecified atom stereocenters. The number of halogens is 3. The lowest BCUT2D eigenvalue weighted by Crippen LogP contribution is -2.17. The van der Waals surface area contributed by atoms with Crippen molar-refractivity contribution in [3.8, 4) is 0 Å². The lowest BCUT2D eigenvalue weighted by Gasteiger charge is -2.05. The molecule has 0 aliphatic rings. The van der Waals surface area contributed by atoms with Crippen molar-refractivity contribution in [2.24, 2.45) is 0 Å². The summed E-state index contributed by atoms with van der Waals surface area (Å²) < 4.78 is 38.7. The number of aromatic nitrogens is 1. The molecule has 0 radical (unpaired) electrons. The van der Waals surface area contributed by atoms with E-state index in [0.717, 1.165) is 17.8 Å². The molecule has 100 valence electrons. The van der Waals surface area contributed by atoms with Gasteiger partial charge in [0.05, 0.1) is 6.20 Å². The number of benzene rings is 1. The molecule has 0 bridgehead atoms. The Morgan fingerprint density at radius 1 is 0.842 bits per heavy atom. The number of pyridine rings is 1. The summed E-state index contributed by atoms with van der Waals surface area (Å²) >= 11 is 0. The van der Waals surface area contributed by atoms with Crippen molar-refractivity contribution in [2.45, 2.75) is 13.0 Å².